The molecule has 0 spiro atoms. The number of hydrogen-bond acceptors (Lipinski definition) is 3. The molecule has 3 nitrogen and oxygen atoms in total. The number of phenolic OH excluding ortho intramolecular Hbond substituents is 1. The minimum atomic E-state index is -0.316. The van der Waals surface area contributed by atoms with Gasteiger partial charge in [-0.3, -0.25) is 4.79 Å². The van der Waals surface area contributed by atoms with Crippen molar-refractivity contribution < 1.29 is 14.3 Å². The van der Waals surface area contributed by atoms with E-state index in [0.717, 1.165) is 5.39 Å². The maximum Gasteiger partial charge on any atom is 0.230 e. The van der Waals surface area contributed by atoms with Gasteiger partial charge in [0.15, 0.2) is 5.76 Å². The summed E-state index contributed by atoms with van der Waals surface area (Å²) in [6.45, 7) is 1.86. The number of benzene rings is 2. The van der Waals surface area contributed by atoms with Crippen molar-refractivity contribution in [3.05, 3.63) is 64.4 Å². The fourth-order valence-electron chi connectivity index (χ4n) is 2.43. The fourth-order valence-corrected chi connectivity index (χ4v) is 2.69. The number of halogens is 1. The summed E-state index contributed by atoms with van der Waals surface area (Å²) >= 11 is 6.15. The molecule has 1 N–H and O–H groups in total. The Morgan fingerprint density at radius 1 is 1.24 bits per heavy atom. The molecule has 0 aliphatic heterocycles. The van der Waals surface area contributed by atoms with Crippen molar-refractivity contribution >= 4 is 28.4 Å². The molecule has 0 saturated carbocycles. The van der Waals surface area contributed by atoms with Crippen molar-refractivity contribution in [3.8, 4) is 5.75 Å². The molecule has 0 atom stereocenters. The largest absolute Gasteiger partial charge is 0.508 e. The van der Waals surface area contributed by atoms with Gasteiger partial charge in [0.25, 0.3) is 0 Å². The van der Waals surface area contributed by atoms with Crippen LogP contribution in [-0.2, 0) is 6.42 Å². The lowest BCUT2D eigenvalue weighted by atomic mass is 9.99. The molecule has 0 radical (unpaired) electrons. The molecule has 3 aromatic rings. The van der Waals surface area contributed by atoms with E-state index in [4.69, 9.17) is 16.0 Å². The monoisotopic (exact) mass is 300 g/mol. The predicted octanol–water partition coefficient (Wildman–Crippen LogP) is 4.59. The molecule has 0 amide bonds. The van der Waals surface area contributed by atoms with Gasteiger partial charge in [-0.1, -0.05) is 36.7 Å². The van der Waals surface area contributed by atoms with E-state index in [1.165, 1.54) is 12.1 Å². The van der Waals surface area contributed by atoms with Crippen LogP contribution in [0.3, 0.4) is 0 Å². The van der Waals surface area contributed by atoms with Crippen LogP contribution in [0.1, 0.15) is 28.6 Å². The summed E-state index contributed by atoms with van der Waals surface area (Å²) in [7, 11) is 0. The van der Waals surface area contributed by atoms with Crippen molar-refractivity contribution in [1.82, 2.24) is 0 Å². The number of fused-ring (bicyclic) bond motifs is 1. The van der Waals surface area contributed by atoms with Crippen molar-refractivity contribution in [2.45, 2.75) is 13.3 Å². The zero-order chi connectivity index (χ0) is 15.0. The Morgan fingerprint density at radius 3 is 2.71 bits per heavy atom. The third-order valence-electron chi connectivity index (χ3n) is 3.47. The van der Waals surface area contributed by atoms with Gasteiger partial charge in [0, 0.05) is 10.9 Å². The Balaban J connectivity index is 2.16. The number of phenols is 1. The van der Waals surface area contributed by atoms with Gasteiger partial charge in [0.1, 0.15) is 11.3 Å². The van der Waals surface area contributed by atoms with Crippen LogP contribution in [0.5, 0.6) is 5.75 Å². The number of hydrogen-bond donors (Lipinski definition) is 1. The van der Waals surface area contributed by atoms with E-state index in [0.29, 0.717) is 28.2 Å². The van der Waals surface area contributed by atoms with Crippen LogP contribution >= 0.6 is 11.6 Å². The van der Waals surface area contributed by atoms with Gasteiger partial charge in [-0.05, 0) is 30.7 Å². The molecule has 0 unspecified atom stereocenters. The quantitative estimate of drug-likeness (QED) is 0.720. The van der Waals surface area contributed by atoms with Crippen molar-refractivity contribution in [1.29, 1.82) is 0 Å². The summed E-state index contributed by atoms with van der Waals surface area (Å²) in [6.07, 6.45) is 0.508. The molecular weight excluding hydrogens is 288 g/mol. The zero-order valence-corrected chi connectivity index (χ0v) is 12.1. The highest BCUT2D eigenvalue weighted by Gasteiger charge is 2.22. The zero-order valence-electron chi connectivity index (χ0n) is 11.4. The average molecular weight is 301 g/mol. The molecule has 21 heavy (non-hydrogen) atoms. The molecule has 1 aromatic heterocycles. The highest BCUT2D eigenvalue weighted by Crippen LogP contribution is 2.31. The summed E-state index contributed by atoms with van der Waals surface area (Å²) in [5.74, 6) is -0.0243. The molecule has 0 fully saturated rings. The Labute approximate surface area is 126 Å². The first-order chi connectivity index (χ1) is 10.1. The van der Waals surface area contributed by atoms with E-state index in [1.54, 1.807) is 12.1 Å². The van der Waals surface area contributed by atoms with E-state index in [-0.39, 0.29) is 17.3 Å². The topological polar surface area (TPSA) is 50.4 Å². The average Bonchev–Trinajstić information content (AvgIpc) is 2.92. The van der Waals surface area contributed by atoms with Crippen LogP contribution in [0.4, 0.5) is 0 Å². The predicted molar refractivity (Wildman–Crippen MR) is 82.1 cm³/mol. The second-order valence-corrected chi connectivity index (χ2v) is 5.16. The second kappa shape index (κ2) is 5.26. The van der Waals surface area contributed by atoms with Crippen LogP contribution in [0.15, 0.2) is 46.9 Å². The number of para-hydroxylation sites is 1. The lowest BCUT2D eigenvalue weighted by Crippen LogP contribution is -2.05. The van der Waals surface area contributed by atoms with Crippen LogP contribution in [0.25, 0.3) is 11.0 Å². The lowest BCUT2D eigenvalue weighted by molar-refractivity contribution is 0.101. The first-order valence-electron chi connectivity index (χ1n) is 6.65. The third kappa shape index (κ3) is 2.30. The molecule has 3 rings (SSSR count). The van der Waals surface area contributed by atoms with Gasteiger partial charge in [-0.25, -0.2) is 0 Å². The Morgan fingerprint density at radius 2 is 2.00 bits per heavy atom. The van der Waals surface area contributed by atoms with E-state index < -0.39 is 0 Å². The van der Waals surface area contributed by atoms with Crippen LogP contribution in [0, 0.1) is 0 Å². The van der Waals surface area contributed by atoms with Gasteiger partial charge in [0.05, 0.1) is 10.6 Å². The van der Waals surface area contributed by atoms with Gasteiger partial charge in [-0.15, -0.1) is 0 Å². The van der Waals surface area contributed by atoms with Gasteiger partial charge < -0.3 is 9.52 Å². The van der Waals surface area contributed by atoms with Crippen molar-refractivity contribution in [2.24, 2.45) is 0 Å². The first-order valence-corrected chi connectivity index (χ1v) is 7.03. The standard InChI is InChI=1S/C17H13ClO3/c1-2-11-13(19)8-7-12(18)16(11)17(20)15-9-10-5-3-4-6-14(10)21-15/h3-9,19H,2H2,1H3. The molecule has 0 aliphatic rings. The number of rotatable bonds is 3. The second-order valence-electron chi connectivity index (χ2n) is 4.75. The molecule has 0 saturated heterocycles. The van der Waals surface area contributed by atoms with Gasteiger partial charge in [-0.2, -0.15) is 0 Å². The van der Waals surface area contributed by atoms with Gasteiger partial charge in [0.2, 0.25) is 5.78 Å². The minimum absolute atomic E-state index is 0.0707. The number of ketones is 1. The van der Waals surface area contributed by atoms with Gasteiger partial charge >= 0.3 is 0 Å². The molecule has 0 bridgehead atoms. The summed E-state index contributed by atoms with van der Waals surface area (Å²) < 4.78 is 5.59. The van der Waals surface area contributed by atoms with E-state index >= 15 is 0 Å². The van der Waals surface area contributed by atoms with E-state index in [2.05, 4.69) is 0 Å². The maximum absolute atomic E-state index is 12.7. The SMILES string of the molecule is CCc1c(O)ccc(Cl)c1C(=O)c1cc2ccccc2o1. The van der Waals surface area contributed by atoms with Crippen LogP contribution < -0.4 is 0 Å². The summed E-state index contributed by atoms with van der Waals surface area (Å²) in [4.78, 5) is 12.7. The molecule has 0 aliphatic carbocycles. The molecule has 4 heteroatoms. The normalized spacial score (nSPS) is 11.0. The smallest absolute Gasteiger partial charge is 0.230 e. The lowest BCUT2D eigenvalue weighted by Gasteiger charge is -2.09. The fraction of sp³-hybridized carbons (Fsp3) is 0.118. The first kappa shape index (κ1) is 13.7. The maximum atomic E-state index is 12.7. The minimum Gasteiger partial charge on any atom is -0.508 e. The summed E-state index contributed by atoms with van der Waals surface area (Å²) in [6, 6.07) is 12.1. The van der Waals surface area contributed by atoms with E-state index in [1.807, 2.05) is 25.1 Å². The number of carbonyl (C=O) groups excluding carboxylic acids is 1. The third-order valence-corrected chi connectivity index (χ3v) is 3.78. The highest BCUT2D eigenvalue weighted by molar-refractivity contribution is 6.35. The number of carbonyl (C=O) groups is 1. The molecule has 1 heterocycles. The van der Waals surface area contributed by atoms with Crippen molar-refractivity contribution in [3.63, 3.8) is 0 Å². The Bertz CT molecular complexity index is 800. The summed E-state index contributed by atoms with van der Waals surface area (Å²) in [5.41, 5.74) is 1.49. The number of furan rings is 1. The molecule has 106 valence electrons. The summed E-state index contributed by atoms with van der Waals surface area (Å²) in [5, 5.41) is 11.1. The highest BCUT2D eigenvalue weighted by atomic mass is 35.5. The Kier molecular flexibility index (Phi) is 3.43. The van der Waals surface area contributed by atoms with Crippen LogP contribution in [-0.4, -0.2) is 10.9 Å². The van der Waals surface area contributed by atoms with Crippen molar-refractivity contribution in [2.75, 3.05) is 0 Å². The van der Waals surface area contributed by atoms with E-state index in [9.17, 15) is 9.90 Å². The Hall–Kier alpha value is -2.26. The van der Waals surface area contributed by atoms with Crippen LogP contribution in [0.2, 0.25) is 5.02 Å². The number of aromatic hydroxyl groups is 1. The molecular formula is C17H13ClO3. The molecule has 2 aromatic carbocycles.